The topological polar surface area (TPSA) is 69.7 Å². The third-order valence-corrected chi connectivity index (χ3v) is 9.06. The van der Waals surface area contributed by atoms with Crippen LogP contribution in [-0.4, -0.2) is 46.6 Å². The van der Waals surface area contributed by atoms with E-state index in [0.717, 1.165) is 24.8 Å². The molecule has 41 heavy (non-hydrogen) atoms. The minimum atomic E-state index is -0.330. The van der Waals surface area contributed by atoms with Gasteiger partial charge in [0.25, 0.3) is 11.8 Å². The number of carbonyl (C=O) groups excluding carboxylic acids is 3. The molecule has 0 aromatic heterocycles. The maximum Gasteiger partial charge on any atom is 0.267 e. The van der Waals surface area contributed by atoms with Gasteiger partial charge in [-0.3, -0.25) is 24.2 Å². The van der Waals surface area contributed by atoms with E-state index >= 15 is 0 Å². The first-order chi connectivity index (χ1) is 20.0. The molecule has 0 atom stereocenters. The second-order valence-corrected chi connectivity index (χ2v) is 12.3. The van der Waals surface area contributed by atoms with E-state index < -0.39 is 0 Å². The fourth-order valence-electron chi connectivity index (χ4n) is 5.35. The molecular formula is C33H41N3O3S2. The molecule has 0 bridgehead atoms. The van der Waals surface area contributed by atoms with Crippen LogP contribution in [0, 0.1) is 0 Å². The quantitative estimate of drug-likeness (QED) is 0.131. The summed E-state index contributed by atoms with van der Waals surface area (Å²) in [7, 11) is 0. The lowest BCUT2D eigenvalue weighted by Crippen LogP contribution is -2.39. The molecule has 2 aromatic carbocycles. The van der Waals surface area contributed by atoms with Gasteiger partial charge in [0.15, 0.2) is 0 Å². The summed E-state index contributed by atoms with van der Waals surface area (Å²) in [5.74, 6) is -0.772. The molecule has 0 saturated carbocycles. The molecule has 2 aliphatic rings. The number of para-hydroxylation sites is 1. The molecule has 1 N–H and O–H groups in total. The largest absolute Gasteiger partial charge is 0.354 e. The zero-order valence-electron chi connectivity index (χ0n) is 24.0. The summed E-state index contributed by atoms with van der Waals surface area (Å²) in [6, 6.07) is 17.3. The Labute approximate surface area is 253 Å². The predicted molar refractivity (Wildman–Crippen MR) is 173 cm³/mol. The standard InChI is InChI=1S/C33H41N3O3S2/c1-2-3-4-5-6-7-8-9-10-16-23-35-32(39)30(41-33(35)40)29-26-19-14-15-20-27(26)36(31(29)38)24-28(37)34-22-21-25-17-12-11-13-18-25/h11-15,17-20H,2-10,16,21-24H2,1H3,(H,34,37). The molecule has 218 valence electrons. The van der Waals surface area contributed by atoms with Crippen molar-refractivity contribution >= 4 is 57.3 Å². The highest BCUT2D eigenvalue weighted by Gasteiger charge is 2.42. The van der Waals surface area contributed by atoms with E-state index in [-0.39, 0.29) is 24.3 Å². The van der Waals surface area contributed by atoms with E-state index in [9.17, 15) is 14.4 Å². The van der Waals surface area contributed by atoms with Gasteiger partial charge in [-0.1, -0.05) is 137 Å². The molecule has 0 spiro atoms. The number of rotatable bonds is 16. The predicted octanol–water partition coefficient (Wildman–Crippen LogP) is 6.88. The fourth-order valence-corrected chi connectivity index (χ4v) is 6.73. The average Bonchev–Trinajstić information content (AvgIpc) is 3.41. The second kappa shape index (κ2) is 15.9. The van der Waals surface area contributed by atoms with Crippen LogP contribution in [-0.2, 0) is 20.8 Å². The van der Waals surface area contributed by atoms with Crippen LogP contribution in [0.5, 0.6) is 0 Å². The van der Waals surface area contributed by atoms with E-state index in [4.69, 9.17) is 12.2 Å². The molecule has 1 fully saturated rings. The maximum atomic E-state index is 13.6. The molecule has 0 unspecified atom stereocenters. The number of thiocarbonyl (C=S) groups is 1. The van der Waals surface area contributed by atoms with Crippen molar-refractivity contribution in [3.05, 3.63) is 70.6 Å². The van der Waals surface area contributed by atoms with Crippen molar-refractivity contribution in [2.75, 3.05) is 24.5 Å². The van der Waals surface area contributed by atoms with Crippen LogP contribution in [0.25, 0.3) is 5.57 Å². The number of hydrogen-bond acceptors (Lipinski definition) is 5. The van der Waals surface area contributed by atoms with Gasteiger partial charge in [0.1, 0.15) is 10.9 Å². The number of nitrogens with zero attached hydrogens (tertiary/aromatic N) is 2. The van der Waals surface area contributed by atoms with E-state index in [0.29, 0.717) is 45.6 Å². The fraction of sp³-hybridized carbons (Fsp3) is 0.455. The van der Waals surface area contributed by atoms with Crippen molar-refractivity contribution in [2.24, 2.45) is 0 Å². The Morgan fingerprint density at radius 2 is 1.44 bits per heavy atom. The van der Waals surface area contributed by atoms with E-state index in [1.54, 1.807) is 4.90 Å². The number of benzene rings is 2. The highest BCUT2D eigenvalue weighted by molar-refractivity contribution is 8.26. The van der Waals surface area contributed by atoms with Crippen LogP contribution >= 0.6 is 24.0 Å². The molecular weight excluding hydrogens is 551 g/mol. The molecule has 2 aliphatic heterocycles. The first kappa shape index (κ1) is 31.0. The van der Waals surface area contributed by atoms with Crippen molar-refractivity contribution in [1.82, 2.24) is 10.2 Å². The molecule has 2 heterocycles. The van der Waals surface area contributed by atoms with E-state index in [1.165, 1.54) is 61.6 Å². The summed E-state index contributed by atoms with van der Waals surface area (Å²) >= 11 is 6.77. The van der Waals surface area contributed by atoms with Gasteiger partial charge in [0.05, 0.1) is 16.2 Å². The SMILES string of the molecule is CCCCCCCCCCCCN1C(=O)C(=C2C(=O)N(CC(=O)NCCc3ccccc3)c3ccccc32)SC1=S. The Balaban J connectivity index is 1.32. The third kappa shape index (κ3) is 8.29. The average molecular weight is 592 g/mol. The Bertz CT molecular complexity index is 1260. The van der Waals surface area contributed by atoms with Gasteiger partial charge in [-0.15, -0.1) is 0 Å². The lowest BCUT2D eigenvalue weighted by atomic mass is 10.1. The van der Waals surface area contributed by atoms with Crippen LogP contribution < -0.4 is 10.2 Å². The van der Waals surface area contributed by atoms with Gasteiger partial charge < -0.3 is 5.32 Å². The van der Waals surface area contributed by atoms with Crippen molar-refractivity contribution in [3.63, 3.8) is 0 Å². The summed E-state index contributed by atoms with van der Waals surface area (Å²) in [5.41, 5.74) is 2.80. The number of fused-ring (bicyclic) bond motifs is 1. The Kier molecular flexibility index (Phi) is 12.0. The van der Waals surface area contributed by atoms with Gasteiger partial charge in [0, 0.05) is 18.7 Å². The smallest absolute Gasteiger partial charge is 0.267 e. The van der Waals surface area contributed by atoms with Gasteiger partial charge in [-0.25, -0.2) is 0 Å². The Morgan fingerprint density at radius 3 is 2.15 bits per heavy atom. The monoisotopic (exact) mass is 591 g/mol. The van der Waals surface area contributed by atoms with Crippen molar-refractivity contribution in [3.8, 4) is 0 Å². The van der Waals surface area contributed by atoms with Gasteiger partial charge in [-0.05, 0) is 24.5 Å². The lowest BCUT2D eigenvalue weighted by Gasteiger charge is -2.17. The third-order valence-electron chi connectivity index (χ3n) is 7.62. The van der Waals surface area contributed by atoms with Gasteiger partial charge >= 0.3 is 0 Å². The highest BCUT2D eigenvalue weighted by atomic mass is 32.2. The zero-order valence-corrected chi connectivity index (χ0v) is 25.7. The Morgan fingerprint density at radius 1 is 0.805 bits per heavy atom. The summed E-state index contributed by atoms with van der Waals surface area (Å²) < 4.78 is 0.496. The molecule has 8 heteroatoms. The zero-order chi connectivity index (χ0) is 29.0. The van der Waals surface area contributed by atoms with E-state index in [1.807, 2.05) is 54.6 Å². The minimum absolute atomic E-state index is 0.104. The molecule has 3 amide bonds. The van der Waals surface area contributed by atoms with Crippen LogP contribution in [0.3, 0.4) is 0 Å². The number of anilines is 1. The number of thioether (sulfide) groups is 1. The van der Waals surface area contributed by atoms with E-state index in [2.05, 4.69) is 12.2 Å². The number of nitrogens with one attached hydrogen (secondary N) is 1. The molecule has 1 saturated heterocycles. The number of unbranched alkanes of at least 4 members (excludes halogenated alkanes) is 9. The van der Waals surface area contributed by atoms with Gasteiger partial charge in [0.2, 0.25) is 5.91 Å². The van der Waals surface area contributed by atoms with Crippen LogP contribution in [0.1, 0.15) is 82.3 Å². The molecule has 6 nitrogen and oxygen atoms in total. The van der Waals surface area contributed by atoms with Crippen LogP contribution in [0.2, 0.25) is 0 Å². The van der Waals surface area contributed by atoms with Crippen molar-refractivity contribution < 1.29 is 14.4 Å². The highest BCUT2D eigenvalue weighted by Crippen LogP contribution is 2.44. The number of hydrogen-bond donors (Lipinski definition) is 1. The summed E-state index contributed by atoms with van der Waals surface area (Å²) in [4.78, 5) is 43.4. The first-order valence-electron chi connectivity index (χ1n) is 15.0. The second-order valence-electron chi connectivity index (χ2n) is 10.7. The molecule has 2 aromatic rings. The van der Waals surface area contributed by atoms with Crippen molar-refractivity contribution in [2.45, 2.75) is 77.6 Å². The van der Waals surface area contributed by atoms with Crippen LogP contribution in [0.4, 0.5) is 5.69 Å². The molecule has 0 aliphatic carbocycles. The minimum Gasteiger partial charge on any atom is -0.354 e. The number of carbonyl (C=O) groups is 3. The lowest BCUT2D eigenvalue weighted by molar-refractivity contribution is -0.122. The Hall–Kier alpha value is -2.97. The van der Waals surface area contributed by atoms with Crippen molar-refractivity contribution in [1.29, 1.82) is 0 Å². The summed E-state index contributed by atoms with van der Waals surface area (Å²) in [5, 5.41) is 2.92. The maximum absolute atomic E-state index is 13.6. The normalized spacial score (nSPS) is 16.6. The summed E-state index contributed by atoms with van der Waals surface area (Å²) in [6.45, 7) is 3.19. The number of amides is 3. The van der Waals surface area contributed by atoms with Crippen LogP contribution in [0.15, 0.2) is 59.5 Å². The molecule has 0 radical (unpaired) electrons. The first-order valence-corrected chi connectivity index (χ1v) is 16.2. The van der Waals surface area contributed by atoms with Gasteiger partial charge in [-0.2, -0.15) is 0 Å². The molecule has 4 rings (SSSR count). The summed E-state index contributed by atoms with van der Waals surface area (Å²) in [6.07, 6.45) is 12.9.